The quantitative estimate of drug-likeness (QED) is 0.445. The van der Waals surface area contributed by atoms with Gasteiger partial charge in [-0.25, -0.2) is 4.79 Å². The Bertz CT molecular complexity index is 1050. The first-order valence-electron chi connectivity index (χ1n) is 11.8. The number of aliphatic hydroxyl groups excluding tert-OH is 1. The molecular weight excluding hydrogens is 458 g/mol. The third-order valence-corrected chi connectivity index (χ3v) is 6.89. The first-order chi connectivity index (χ1) is 16.4. The molecule has 0 bridgehead atoms. The molecule has 1 atom stereocenters. The van der Waals surface area contributed by atoms with Crippen LogP contribution in [-0.4, -0.2) is 65.1 Å². The fourth-order valence-corrected chi connectivity index (χ4v) is 4.86. The van der Waals surface area contributed by atoms with Gasteiger partial charge in [0.25, 0.3) is 0 Å². The number of amides is 2. The van der Waals surface area contributed by atoms with Gasteiger partial charge in [0.15, 0.2) is 0 Å². The lowest BCUT2D eigenvalue weighted by Gasteiger charge is -2.39. The number of hydrogen-bond acceptors (Lipinski definition) is 6. The summed E-state index contributed by atoms with van der Waals surface area (Å²) in [4.78, 5) is 14.3. The van der Waals surface area contributed by atoms with Crippen LogP contribution >= 0.6 is 11.6 Å². The number of anilines is 1. The maximum Gasteiger partial charge on any atom is 0.319 e. The van der Waals surface area contributed by atoms with Crippen LogP contribution in [0.25, 0.3) is 0 Å². The zero-order valence-corrected chi connectivity index (χ0v) is 19.7. The van der Waals surface area contributed by atoms with Crippen molar-refractivity contribution in [3.8, 4) is 17.2 Å². The lowest BCUT2D eigenvalue weighted by Crippen LogP contribution is -2.49. The van der Waals surface area contributed by atoms with E-state index in [-0.39, 0.29) is 30.0 Å². The van der Waals surface area contributed by atoms with Gasteiger partial charge in [0.05, 0.1) is 5.69 Å². The van der Waals surface area contributed by atoms with Crippen molar-refractivity contribution in [3.05, 3.63) is 47.0 Å². The van der Waals surface area contributed by atoms with Crippen molar-refractivity contribution in [1.82, 2.24) is 10.2 Å². The number of aliphatic hydroxyl groups is 1. The van der Waals surface area contributed by atoms with E-state index in [0.717, 1.165) is 61.5 Å². The topological polar surface area (TPSA) is 103 Å². The zero-order chi connectivity index (χ0) is 23.7. The number of β-amino-alcohol motifs (C(OH)–C–C–N with tert-alkyl or cyclic N) is 1. The van der Waals surface area contributed by atoms with Crippen LogP contribution in [0, 0.1) is 0 Å². The molecule has 1 saturated heterocycles. The fraction of sp³-hybridized carbons (Fsp3) is 0.480. The lowest BCUT2D eigenvalue weighted by atomic mass is 9.87. The second-order valence-electron chi connectivity index (χ2n) is 9.53. The normalized spacial score (nSPS) is 19.8. The van der Waals surface area contributed by atoms with Crippen molar-refractivity contribution < 1.29 is 24.5 Å². The largest absolute Gasteiger partial charge is 0.508 e. The Kier molecular flexibility index (Phi) is 6.46. The number of aromatic hydroxyl groups is 1. The Morgan fingerprint density at radius 3 is 2.79 bits per heavy atom. The van der Waals surface area contributed by atoms with E-state index in [1.54, 1.807) is 6.07 Å². The Hall–Kier alpha value is -2.68. The molecule has 8 nitrogen and oxygen atoms in total. The first-order valence-corrected chi connectivity index (χ1v) is 12.2. The summed E-state index contributed by atoms with van der Waals surface area (Å²) in [6, 6.07) is 10.2. The molecule has 5 rings (SSSR count). The van der Waals surface area contributed by atoms with E-state index in [2.05, 4.69) is 15.5 Å². The highest BCUT2D eigenvalue weighted by atomic mass is 35.5. The monoisotopic (exact) mass is 487 g/mol. The molecule has 2 fully saturated rings. The van der Waals surface area contributed by atoms with Gasteiger partial charge in [-0.1, -0.05) is 11.6 Å². The summed E-state index contributed by atoms with van der Waals surface area (Å²) in [5.41, 5.74) is 1.42. The van der Waals surface area contributed by atoms with Gasteiger partial charge in [0.2, 0.25) is 0 Å². The molecule has 2 heterocycles. The highest BCUT2D eigenvalue weighted by molar-refractivity contribution is 6.30. The molecule has 2 aromatic carbocycles. The van der Waals surface area contributed by atoms with E-state index in [1.165, 1.54) is 12.1 Å². The molecule has 9 heteroatoms. The second kappa shape index (κ2) is 9.52. The number of halogens is 1. The van der Waals surface area contributed by atoms with Gasteiger partial charge in [-0.15, -0.1) is 0 Å². The highest BCUT2D eigenvalue weighted by Crippen LogP contribution is 2.42. The molecule has 4 N–H and O–H groups in total. The third-order valence-electron chi connectivity index (χ3n) is 6.66. The van der Waals surface area contributed by atoms with Gasteiger partial charge in [0.1, 0.15) is 35.6 Å². The van der Waals surface area contributed by atoms with Crippen molar-refractivity contribution in [3.63, 3.8) is 0 Å². The summed E-state index contributed by atoms with van der Waals surface area (Å²) in [6.07, 6.45) is 3.88. The van der Waals surface area contributed by atoms with E-state index >= 15 is 0 Å². The summed E-state index contributed by atoms with van der Waals surface area (Å²) < 4.78 is 12.1. The van der Waals surface area contributed by atoms with Crippen LogP contribution in [-0.2, 0) is 6.42 Å². The molecule has 0 radical (unpaired) electrons. The van der Waals surface area contributed by atoms with Crippen LogP contribution < -0.4 is 20.1 Å². The minimum atomic E-state index is -0.718. The summed E-state index contributed by atoms with van der Waals surface area (Å²) in [5, 5.41) is 26.8. The van der Waals surface area contributed by atoms with Crippen molar-refractivity contribution >= 4 is 23.3 Å². The van der Waals surface area contributed by atoms with Crippen molar-refractivity contribution in [2.24, 2.45) is 0 Å². The standard InChI is InChI=1S/C25H30ClN3O5/c26-17-1-6-22-16(11-17)13-25(34-22)7-9-29(10-8-25)14-20(31)15-33-23-12-19(30)4-5-21(23)28-24(32)27-18-2-3-18/h1,4-6,11-12,18,20,30-31H,2-3,7-10,13-15H2,(H2,27,28,32)/t20-/m0/s1. The van der Waals surface area contributed by atoms with E-state index in [9.17, 15) is 15.0 Å². The summed E-state index contributed by atoms with van der Waals surface area (Å²) in [6.45, 7) is 2.15. The van der Waals surface area contributed by atoms with Crippen LogP contribution in [0.4, 0.5) is 10.5 Å². The number of piperidine rings is 1. The number of phenols is 1. The van der Waals surface area contributed by atoms with Gasteiger partial charge < -0.3 is 35.2 Å². The molecule has 0 aromatic heterocycles. The Morgan fingerprint density at radius 2 is 2.03 bits per heavy atom. The summed E-state index contributed by atoms with van der Waals surface area (Å²) in [5.74, 6) is 1.27. The highest BCUT2D eigenvalue weighted by Gasteiger charge is 2.42. The smallest absolute Gasteiger partial charge is 0.319 e. The van der Waals surface area contributed by atoms with Crippen molar-refractivity contribution in [1.29, 1.82) is 0 Å². The number of carbonyl (C=O) groups excluding carboxylic acids is 1. The van der Waals surface area contributed by atoms with Gasteiger partial charge >= 0.3 is 6.03 Å². The van der Waals surface area contributed by atoms with Gasteiger partial charge in [-0.05, 0) is 48.7 Å². The molecule has 0 unspecified atom stereocenters. The molecule has 1 aliphatic carbocycles. The fourth-order valence-electron chi connectivity index (χ4n) is 4.67. The number of rotatable bonds is 7. The summed E-state index contributed by atoms with van der Waals surface area (Å²) >= 11 is 6.13. The Morgan fingerprint density at radius 1 is 1.24 bits per heavy atom. The third kappa shape index (κ3) is 5.51. The number of nitrogens with zero attached hydrogens (tertiary/aromatic N) is 1. The zero-order valence-electron chi connectivity index (χ0n) is 18.9. The maximum absolute atomic E-state index is 12.1. The molecule has 2 aromatic rings. The van der Waals surface area contributed by atoms with Crippen LogP contribution in [0.2, 0.25) is 5.02 Å². The van der Waals surface area contributed by atoms with Gasteiger partial charge in [-0.2, -0.15) is 0 Å². The maximum atomic E-state index is 12.1. The van der Waals surface area contributed by atoms with Crippen molar-refractivity contribution in [2.75, 3.05) is 31.6 Å². The van der Waals surface area contributed by atoms with Crippen LogP contribution in [0.5, 0.6) is 17.2 Å². The number of nitrogens with one attached hydrogen (secondary N) is 2. The van der Waals surface area contributed by atoms with Gasteiger partial charge in [-0.3, -0.25) is 0 Å². The number of benzene rings is 2. The minimum Gasteiger partial charge on any atom is -0.508 e. The van der Waals surface area contributed by atoms with Crippen LogP contribution in [0.1, 0.15) is 31.2 Å². The number of carbonyl (C=O) groups is 1. The van der Waals surface area contributed by atoms with Gasteiger partial charge in [0, 0.05) is 56.0 Å². The SMILES string of the molecule is O=C(Nc1ccc(O)cc1OC[C@@H](O)CN1CCC2(CC1)Cc1cc(Cl)ccc1O2)NC1CC1. The van der Waals surface area contributed by atoms with E-state index < -0.39 is 6.10 Å². The van der Waals surface area contributed by atoms with E-state index in [4.69, 9.17) is 21.1 Å². The Labute approximate surface area is 203 Å². The second-order valence-corrected chi connectivity index (χ2v) is 9.97. The van der Waals surface area contributed by atoms with Crippen LogP contribution in [0.15, 0.2) is 36.4 Å². The number of urea groups is 1. The molecule has 1 saturated carbocycles. The molecule has 182 valence electrons. The molecule has 3 aliphatic rings. The first kappa shape index (κ1) is 23.1. The minimum absolute atomic E-state index is 0.0258. The number of hydrogen-bond donors (Lipinski definition) is 4. The number of fused-ring (bicyclic) bond motifs is 1. The Balaban J connectivity index is 1.10. The van der Waals surface area contributed by atoms with Crippen LogP contribution in [0.3, 0.4) is 0 Å². The summed E-state index contributed by atoms with van der Waals surface area (Å²) in [7, 11) is 0. The van der Waals surface area contributed by atoms with Crippen molar-refractivity contribution in [2.45, 2.75) is 49.9 Å². The molecule has 2 amide bonds. The average Bonchev–Trinajstić information content (AvgIpc) is 3.54. The molecule has 34 heavy (non-hydrogen) atoms. The molecular formula is C25H30ClN3O5. The average molecular weight is 488 g/mol. The van der Waals surface area contributed by atoms with E-state index in [0.29, 0.717) is 18.0 Å². The molecule has 2 aliphatic heterocycles. The predicted octanol–water partition coefficient (Wildman–Crippen LogP) is 3.54. The number of likely N-dealkylation sites (tertiary alicyclic amines) is 1. The number of phenolic OH excluding ortho intramolecular Hbond substituents is 1. The lowest BCUT2D eigenvalue weighted by molar-refractivity contribution is -0.00192. The van der Waals surface area contributed by atoms with E-state index in [1.807, 2.05) is 18.2 Å². The molecule has 1 spiro atoms. The predicted molar refractivity (Wildman–Crippen MR) is 129 cm³/mol. The number of ether oxygens (including phenoxy) is 2.